The van der Waals surface area contributed by atoms with E-state index in [4.69, 9.17) is 16.3 Å². The van der Waals surface area contributed by atoms with E-state index >= 15 is 0 Å². The summed E-state index contributed by atoms with van der Waals surface area (Å²) in [7, 11) is -3.59. The smallest absolute Gasteiger partial charge is 0.347 e. The molecule has 1 aromatic carbocycles. The zero-order valence-electron chi connectivity index (χ0n) is 11.0. The van der Waals surface area contributed by atoms with Crippen molar-refractivity contribution >= 4 is 33.4 Å². The SMILES string of the molecule is O=C(CCS(=O)(=O)c1ccc(Cl)cc1)OC1CCOC1=O. The molecular weight excluding hydrogens is 320 g/mol. The van der Waals surface area contributed by atoms with Crippen LogP contribution in [-0.2, 0) is 28.9 Å². The van der Waals surface area contributed by atoms with Gasteiger partial charge in [-0.3, -0.25) is 4.79 Å². The highest BCUT2D eigenvalue weighted by Crippen LogP contribution is 2.17. The second-order valence-electron chi connectivity index (χ2n) is 4.46. The fourth-order valence-electron chi connectivity index (χ4n) is 1.78. The Bertz CT molecular complexity index is 637. The number of hydrogen-bond donors (Lipinski definition) is 0. The molecular formula is C13H13ClO6S. The van der Waals surface area contributed by atoms with Gasteiger partial charge in [0.15, 0.2) is 9.84 Å². The number of sulfone groups is 1. The van der Waals surface area contributed by atoms with Crippen LogP contribution >= 0.6 is 11.6 Å². The maximum absolute atomic E-state index is 12.0. The molecule has 1 heterocycles. The van der Waals surface area contributed by atoms with Gasteiger partial charge in [-0.1, -0.05) is 11.6 Å². The Hall–Kier alpha value is -1.60. The predicted molar refractivity (Wildman–Crippen MR) is 73.6 cm³/mol. The van der Waals surface area contributed by atoms with Crippen molar-refractivity contribution in [1.29, 1.82) is 0 Å². The van der Waals surface area contributed by atoms with Gasteiger partial charge in [0.1, 0.15) is 0 Å². The Balaban J connectivity index is 1.90. The van der Waals surface area contributed by atoms with Crippen LogP contribution in [0.4, 0.5) is 0 Å². The number of esters is 2. The highest BCUT2D eigenvalue weighted by Gasteiger charge is 2.30. The van der Waals surface area contributed by atoms with Crippen LogP contribution in [0.5, 0.6) is 0 Å². The predicted octanol–water partition coefficient (Wildman–Crippen LogP) is 1.36. The van der Waals surface area contributed by atoms with Crippen LogP contribution in [0.25, 0.3) is 0 Å². The molecule has 0 N–H and O–H groups in total. The molecule has 1 unspecified atom stereocenters. The quantitative estimate of drug-likeness (QED) is 0.757. The second-order valence-corrected chi connectivity index (χ2v) is 7.00. The third kappa shape index (κ3) is 4.18. The van der Waals surface area contributed by atoms with E-state index in [1.54, 1.807) is 0 Å². The molecule has 1 fully saturated rings. The van der Waals surface area contributed by atoms with Crippen molar-refractivity contribution in [1.82, 2.24) is 0 Å². The van der Waals surface area contributed by atoms with Gasteiger partial charge in [-0.15, -0.1) is 0 Å². The van der Waals surface area contributed by atoms with Crippen molar-refractivity contribution in [3.8, 4) is 0 Å². The summed E-state index contributed by atoms with van der Waals surface area (Å²) in [4.78, 5) is 22.8. The van der Waals surface area contributed by atoms with Gasteiger partial charge in [0.2, 0.25) is 6.10 Å². The lowest BCUT2D eigenvalue weighted by atomic mass is 10.3. The van der Waals surface area contributed by atoms with Crippen molar-refractivity contribution in [3.63, 3.8) is 0 Å². The summed E-state index contributed by atoms with van der Waals surface area (Å²) in [5, 5.41) is 0.424. The molecule has 0 radical (unpaired) electrons. The summed E-state index contributed by atoms with van der Waals surface area (Å²) in [6.07, 6.45) is -0.945. The lowest BCUT2D eigenvalue weighted by Gasteiger charge is -2.08. The minimum Gasteiger partial charge on any atom is -0.463 e. The summed E-state index contributed by atoms with van der Waals surface area (Å²) in [6.45, 7) is 0.208. The minimum absolute atomic E-state index is 0.0833. The zero-order chi connectivity index (χ0) is 15.5. The molecule has 1 aliphatic heterocycles. The van der Waals surface area contributed by atoms with Crippen LogP contribution in [0.1, 0.15) is 12.8 Å². The van der Waals surface area contributed by atoms with Crippen molar-refractivity contribution in [3.05, 3.63) is 29.3 Å². The van der Waals surface area contributed by atoms with Gasteiger partial charge in [-0.05, 0) is 24.3 Å². The molecule has 6 nitrogen and oxygen atoms in total. The third-order valence-corrected chi connectivity index (χ3v) is 4.89. The molecule has 0 bridgehead atoms. The normalized spacial score (nSPS) is 18.3. The molecule has 2 rings (SSSR count). The maximum atomic E-state index is 12.0. The number of hydrogen-bond acceptors (Lipinski definition) is 6. The van der Waals surface area contributed by atoms with Crippen LogP contribution in [0.3, 0.4) is 0 Å². The van der Waals surface area contributed by atoms with E-state index in [1.807, 2.05) is 0 Å². The van der Waals surface area contributed by atoms with E-state index in [-0.39, 0.29) is 17.9 Å². The number of rotatable bonds is 5. The van der Waals surface area contributed by atoms with Gasteiger partial charge in [0, 0.05) is 11.4 Å². The molecule has 1 aromatic rings. The molecule has 21 heavy (non-hydrogen) atoms. The third-order valence-electron chi connectivity index (χ3n) is 2.91. The fourth-order valence-corrected chi connectivity index (χ4v) is 3.13. The second kappa shape index (κ2) is 6.44. The number of carbonyl (C=O) groups excluding carboxylic acids is 2. The Morgan fingerprint density at radius 2 is 2.00 bits per heavy atom. The molecule has 8 heteroatoms. The first kappa shape index (κ1) is 15.8. The molecule has 114 valence electrons. The number of ether oxygens (including phenoxy) is 2. The Labute approximate surface area is 126 Å². The average molecular weight is 333 g/mol. The maximum Gasteiger partial charge on any atom is 0.347 e. The number of cyclic esters (lactones) is 1. The van der Waals surface area contributed by atoms with Crippen molar-refractivity contribution < 1.29 is 27.5 Å². The van der Waals surface area contributed by atoms with Crippen LogP contribution in [-0.4, -0.2) is 38.8 Å². The minimum atomic E-state index is -3.59. The van der Waals surface area contributed by atoms with E-state index in [9.17, 15) is 18.0 Å². The van der Waals surface area contributed by atoms with Gasteiger partial charge < -0.3 is 9.47 Å². The number of carbonyl (C=O) groups is 2. The molecule has 1 aliphatic rings. The summed E-state index contributed by atoms with van der Waals surface area (Å²) >= 11 is 5.69. The average Bonchev–Trinajstić information content (AvgIpc) is 2.83. The molecule has 1 atom stereocenters. The topological polar surface area (TPSA) is 86.7 Å². The summed E-state index contributed by atoms with van der Waals surface area (Å²) in [5.74, 6) is -1.73. The van der Waals surface area contributed by atoms with Gasteiger partial charge >= 0.3 is 11.9 Å². The Morgan fingerprint density at radius 1 is 1.33 bits per heavy atom. The van der Waals surface area contributed by atoms with Gasteiger partial charge in [-0.2, -0.15) is 0 Å². The lowest BCUT2D eigenvalue weighted by Crippen LogP contribution is -2.24. The zero-order valence-corrected chi connectivity index (χ0v) is 12.5. The van der Waals surface area contributed by atoms with Gasteiger partial charge in [-0.25, -0.2) is 13.2 Å². The standard InChI is InChI=1S/C13H13ClO6S/c14-9-1-3-10(4-2-9)21(17,18)8-6-12(15)20-11-5-7-19-13(11)16/h1-4,11H,5-8H2. The van der Waals surface area contributed by atoms with E-state index < -0.39 is 33.6 Å². The molecule has 0 amide bonds. The van der Waals surface area contributed by atoms with Crippen molar-refractivity contribution in [2.75, 3.05) is 12.4 Å². The number of benzene rings is 1. The van der Waals surface area contributed by atoms with Crippen LogP contribution < -0.4 is 0 Å². The Morgan fingerprint density at radius 3 is 2.57 bits per heavy atom. The van der Waals surface area contributed by atoms with Crippen LogP contribution in [0.15, 0.2) is 29.2 Å². The van der Waals surface area contributed by atoms with Crippen molar-refractivity contribution in [2.45, 2.75) is 23.8 Å². The molecule has 0 aromatic heterocycles. The van der Waals surface area contributed by atoms with Crippen molar-refractivity contribution in [2.24, 2.45) is 0 Å². The fraction of sp³-hybridized carbons (Fsp3) is 0.385. The first-order chi connectivity index (χ1) is 9.88. The van der Waals surface area contributed by atoms with E-state index in [0.717, 1.165) is 0 Å². The summed E-state index contributed by atoms with van der Waals surface area (Å²) in [5.41, 5.74) is 0. The number of halogens is 1. The summed E-state index contributed by atoms with van der Waals surface area (Å²) < 4.78 is 33.5. The van der Waals surface area contributed by atoms with E-state index in [0.29, 0.717) is 11.4 Å². The largest absolute Gasteiger partial charge is 0.463 e. The van der Waals surface area contributed by atoms with Crippen LogP contribution in [0, 0.1) is 0 Å². The van der Waals surface area contributed by atoms with Crippen LogP contribution in [0.2, 0.25) is 5.02 Å². The molecule has 0 saturated carbocycles. The molecule has 0 aliphatic carbocycles. The lowest BCUT2D eigenvalue weighted by molar-refractivity contribution is -0.159. The van der Waals surface area contributed by atoms with E-state index in [1.165, 1.54) is 24.3 Å². The Kier molecular flexibility index (Phi) is 4.84. The molecule has 1 saturated heterocycles. The first-order valence-corrected chi connectivity index (χ1v) is 8.26. The van der Waals surface area contributed by atoms with Gasteiger partial charge in [0.25, 0.3) is 0 Å². The van der Waals surface area contributed by atoms with Gasteiger partial charge in [0.05, 0.1) is 23.7 Å². The highest BCUT2D eigenvalue weighted by molar-refractivity contribution is 7.91. The highest BCUT2D eigenvalue weighted by atomic mass is 35.5. The summed E-state index contributed by atoms with van der Waals surface area (Å²) in [6, 6.07) is 5.66. The molecule has 0 spiro atoms. The first-order valence-electron chi connectivity index (χ1n) is 6.23. The monoisotopic (exact) mass is 332 g/mol. The van der Waals surface area contributed by atoms with E-state index in [2.05, 4.69) is 4.74 Å².